The van der Waals surface area contributed by atoms with E-state index in [1.165, 1.54) is 4.90 Å². The maximum absolute atomic E-state index is 13.7. The number of ether oxygens (including phenoxy) is 2. The van der Waals surface area contributed by atoms with E-state index in [2.05, 4.69) is 15.6 Å². The second kappa shape index (κ2) is 13.1. The van der Waals surface area contributed by atoms with Crippen LogP contribution in [0.1, 0.15) is 77.4 Å². The second-order valence-corrected chi connectivity index (χ2v) is 12.5. The lowest BCUT2D eigenvalue weighted by molar-refractivity contribution is 0.0401. The largest absolute Gasteiger partial charge is 0.475 e. The van der Waals surface area contributed by atoms with E-state index in [1.54, 1.807) is 28.8 Å². The number of nitrogens with zero attached hydrogens (tertiary/aromatic N) is 3. The average Bonchev–Trinajstić information content (AvgIpc) is 3.70. The molecule has 2 saturated heterocycles. The van der Waals surface area contributed by atoms with E-state index in [0.717, 1.165) is 43.4 Å². The van der Waals surface area contributed by atoms with Crippen LogP contribution in [0, 0.1) is 6.92 Å². The van der Waals surface area contributed by atoms with Gasteiger partial charge in [0.1, 0.15) is 17.6 Å². The zero-order valence-corrected chi connectivity index (χ0v) is 26.0. The summed E-state index contributed by atoms with van der Waals surface area (Å²) >= 11 is 0. The number of carbonyl (C=O) groups excluding carboxylic acids is 2. The normalized spacial score (nSPS) is 18.2. The Bertz CT molecular complexity index is 1640. The highest BCUT2D eigenvalue weighted by Crippen LogP contribution is 2.34. The van der Waals surface area contributed by atoms with Crippen LogP contribution in [0.25, 0.3) is 11.1 Å². The summed E-state index contributed by atoms with van der Waals surface area (Å²) in [6.07, 6.45) is 4.67. The maximum Gasteiger partial charge on any atom is 0.263 e. The average molecular weight is 618 g/mol. The summed E-state index contributed by atoms with van der Waals surface area (Å²) in [5.41, 5.74) is 3.03. The van der Waals surface area contributed by atoms with Crippen LogP contribution in [0.5, 0.6) is 5.88 Å². The summed E-state index contributed by atoms with van der Waals surface area (Å²) in [5, 5.41) is 6.22. The number of rotatable bonds is 11. The lowest BCUT2D eigenvalue weighted by atomic mass is 9.96. The molecule has 45 heavy (non-hydrogen) atoms. The molecule has 2 amide bonds. The van der Waals surface area contributed by atoms with Gasteiger partial charge in [-0.3, -0.25) is 14.4 Å². The molecule has 1 unspecified atom stereocenters. The first kappa shape index (κ1) is 30.9. The molecule has 1 saturated carbocycles. The van der Waals surface area contributed by atoms with E-state index in [9.17, 15) is 18.8 Å². The van der Waals surface area contributed by atoms with Crippen molar-refractivity contribution in [3.8, 4) is 17.0 Å². The Kier molecular flexibility index (Phi) is 9.00. The fourth-order valence-electron chi connectivity index (χ4n) is 5.78. The summed E-state index contributed by atoms with van der Waals surface area (Å²) < 4.78 is 26.9. The van der Waals surface area contributed by atoms with Gasteiger partial charge in [-0.05, 0) is 81.3 Å². The number of amides is 2. The lowest BCUT2D eigenvalue weighted by Crippen LogP contribution is -2.51. The third kappa shape index (κ3) is 7.26. The molecular formula is C34H40FN5O5. The molecule has 0 spiro atoms. The van der Waals surface area contributed by atoms with Crippen LogP contribution in [-0.4, -0.2) is 70.9 Å². The van der Waals surface area contributed by atoms with Crippen molar-refractivity contribution in [3.05, 3.63) is 75.2 Å². The van der Waals surface area contributed by atoms with Crippen LogP contribution in [0.2, 0.25) is 0 Å². The molecule has 6 rings (SSSR count). The molecule has 0 bridgehead atoms. The van der Waals surface area contributed by atoms with Crippen molar-refractivity contribution < 1.29 is 23.5 Å². The van der Waals surface area contributed by atoms with Crippen molar-refractivity contribution in [2.75, 3.05) is 31.6 Å². The smallest absolute Gasteiger partial charge is 0.263 e. The standard InChI is InChI=1S/C34H40FN5O5/c1-20(2)45-31-14-23(27-9-6-21(3)11-28(27)33(42)39-18-24(35)19-39)13-30(37-31)38-32(41)29-12-22(15-36-16-26-5-4-10-44-26)17-40(34(29)43)25-7-8-25/h6,9,11-14,17,20,24-26,36H,4-5,7-8,10,15-16,18-19H2,1-3H3,(H,37,38,41). The Hall–Kier alpha value is -4.09. The van der Waals surface area contributed by atoms with Crippen LogP contribution < -0.4 is 20.9 Å². The highest BCUT2D eigenvalue weighted by Gasteiger charge is 2.32. The Morgan fingerprint density at radius 1 is 1.11 bits per heavy atom. The van der Waals surface area contributed by atoms with E-state index in [-0.39, 0.29) is 60.1 Å². The number of hydrogen-bond donors (Lipinski definition) is 2. The molecule has 2 aromatic heterocycles. The van der Waals surface area contributed by atoms with Gasteiger partial charge >= 0.3 is 0 Å². The fraction of sp³-hybridized carbons (Fsp3) is 0.471. The van der Waals surface area contributed by atoms with Gasteiger partial charge in [0, 0.05) is 43.6 Å². The van der Waals surface area contributed by atoms with Crippen LogP contribution in [0.4, 0.5) is 10.2 Å². The molecule has 1 aromatic carbocycles. The van der Waals surface area contributed by atoms with Crippen LogP contribution in [-0.2, 0) is 11.3 Å². The Balaban J connectivity index is 1.30. The molecule has 1 atom stereocenters. The number of halogens is 1. The van der Waals surface area contributed by atoms with Gasteiger partial charge in [0.25, 0.3) is 17.4 Å². The summed E-state index contributed by atoms with van der Waals surface area (Å²) in [4.78, 5) is 46.5. The zero-order chi connectivity index (χ0) is 31.7. The van der Waals surface area contributed by atoms with Gasteiger partial charge < -0.3 is 29.6 Å². The van der Waals surface area contributed by atoms with Gasteiger partial charge in [-0.15, -0.1) is 0 Å². The first-order chi connectivity index (χ1) is 21.6. The number of carbonyl (C=O) groups is 2. The van der Waals surface area contributed by atoms with Gasteiger partial charge in [-0.1, -0.05) is 17.7 Å². The first-order valence-corrected chi connectivity index (χ1v) is 15.8. The van der Waals surface area contributed by atoms with Crippen molar-refractivity contribution in [2.45, 2.75) is 77.4 Å². The number of aromatic nitrogens is 2. The van der Waals surface area contributed by atoms with Gasteiger partial charge in [-0.2, -0.15) is 4.98 Å². The van der Waals surface area contributed by atoms with Crippen LogP contribution in [0.15, 0.2) is 47.4 Å². The minimum Gasteiger partial charge on any atom is -0.475 e. The summed E-state index contributed by atoms with van der Waals surface area (Å²) in [6.45, 7) is 7.72. The van der Waals surface area contributed by atoms with E-state index in [1.807, 2.05) is 39.1 Å². The molecule has 2 N–H and O–H groups in total. The van der Waals surface area contributed by atoms with Crippen LogP contribution in [0.3, 0.4) is 0 Å². The molecule has 2 aliphatic heterocycles. The number of alkyl halides is 1. The van der Waals surface area contributed by atoms with E-state index < -0.39 is 12.1 Å². The monoisotopic (exact) mass is 617 g/mol. The van der Waals surface area contributed by atoms with Gasteiger partial charge in [0.15, 0.2) is 0 Å². The predicted octanol–water partition coefficient (Wildman–Crippen LogP) is 4.66. The lowest BCUT2D eigenvalue weighted by Gasteiger charge is -2.34. The molecule has 0 radical (unpaired) electrons. The van der Waals surface area contributed by atoms with Crippen molar-refractivity contribution in [2.24, 2.45) is 0 Å². The summed E-state index contributed by atoms with van der Waals surface area (Å²) in [5.74, 6) is -0.404. The third-order valence-electron chi connectivity index (χ3n) is 8.25. The molecule has 11 heteroatoms. The van der Waals surface area contributed by atoms with E-state index >= 15 is 0 Å². The Morgan fingerprint density at radius 2 is 1.91 bits per heavy atom. The number of pyridine rings is 2. The molecule has 4 heterocycles. The minimum atomic E-state index is -1.02. The zero-order valence-electron chi connectivity index (χ0n) is 26.0. The molecule has 3 aromatic rings. The minimum absolute atomic E-state index is 0.0293. The SMILES string of the molecule is Cc1ccc(-c2cc(NC(=O)c3cc(CNCC4CCCO4)cn(C4CC4)c3=O)nc(OC(C)C)c2)c(C(=O)N2CC(F)C2)c1. The number of hydrogen-bond acceptors (Lipinski definition) is 7. The van der Waals surface area contributed by atoms with Crippen molar-refractivity contribution >= 4 is 17.6 Å². The highest BCUT2D eigenvalue weighted by molar-refractivity contribution is 6.05. The predicted molar refractivity (Wildman–Crippen MR) is 169 cm³/mol. The highest BCUT2D eigenvalue weighted by atomic mass is 19.1. The molecule has 10 nitrogen and oxygen atoms in total. The van der Waals surface area contributed by atoms with Crippen molar-refractivity contribution in [1.29, 1.82) is 0 Å². The number of likely N-dealkylation sites (tertiary alicyclic amines) is 1. The molecule has 1 aliphatic carbocycles. The molecule has 3 aliphatic rings. The number of anilines is 1. The summed E-state index contributed by atoms with van der Waals surface area (Å²) in [7, 11) is 0. The fourth-order valence-corrected chi connectivity index (χ4v) is 5.78. The number of nitrogens with one attached hydrogen (secondary N) is 2. The number of benzene rings is 1. The topological polar surface area (TPSA) is 115 Å². The van der Waals surface area contributed by atoms with Gasteiger partial charge in [0.05, 0.1) is 25.3 Å². The molecular weight excluding hydrogens is 577 g/mol. The van der Waals surface area contributed by atoms with Crippen LogP contribution >= 0.6 is 0 Å². The Morgan fingerprint density at radius 3 is 2.60 bits per heavy atom. The first-order valence-electron chi connectivity index (χ1n) is 15.8. The van der Waals surface area contributed by atoms with E-state index in [0.29, 0.717) is 29.8 Å². The maximum atomic E-state index is 13.7. The van der Waals surface area contributed by atoms with Gasteiger partial charge in [-0.25, -0.2) is 4.39 Å². The molecule has 3 fully saturated rings. The molecule has 238 valence electrons. The van der Waals surface area contributed by atoms with Crippen molar-refractivity contribution in [1.82, 2.24) is 19.8 Å². The third-order valence-corrected chi connectivity index (χ3v) is 8.25. The Labute approximate surface area is 261 Å². The number of aryl methyl sites for hydroxylation is 1. The second-order valence-electron chi connectivity index (χ2n) is 12.5. The van der Waals surface area contributed by atoms with E-state index in [4.69, 9.17) is 9.47 Å². The quantitative estimate of drug-likeness (QED) is 0.322. The summed E-state index contributed by atoms with van der Waals surface area (Å²) in [6, 6.07) is 10.6. The van der Waals surface area contributed by atoms with Gasteiger partial charge in [0.2, 0.25) is 5.88 Å². The van der Waals surface area contributed by atoms with Crippen molar-refractivity contribution in [3.63, 3.8) is 0 Å².